The Kier molecular flexibility index (Phi) is 5.69. The van der Waals surface area contributed by atoms with Crippen molar-refractivity contribution in [3.63, 3.8) is 0 Å². The molecule has 0 unspecified atom stereocenters. The van der Waals surface area contributed by atoms with Gasteiger partial charge in [0.05, 0.1) is 19.3 Å². The lowest BCUT2D eigenvalue weighted by molar-refractivity contribution is -0.123. The lowest BCUT2D eigenvalue weighted by Gasteiger charge is -2.33. The van der Waals surface area contributed by atoms with Crippen LogP contribution >= 0.6 is 11.8 Å². The van der Waals surface area contributed by atoms with Crippen molar-refractivity contribution in [3.8, 4) is 5.75 Å². The number of nitrogens with zero attached hydrogens (tertiary/aromatic N) is 2. The van der Waals surface area contributed by atoms with Crippen molar-refractivity contribution in [2.75, 3.05) is 29.6 Å². The number of hydrogen-bond acceptors (Lipinski definition) is 4. The molecule has 1 N–H and O–H groups in total. The number of thioether (sulfide) groups is 1. The molecule has 0 radical (unpaired) electrons. The average molecular weight is 478 g/mol. The molecule has 1 spiro atoms. The van der Waals surface area contributed by atoms with E-state index in [4.69, 9.17) is 4.74 Å². The number of benzene rings is 3. The molecule has 2 aliphatic heterocycles. The van der Waals surface area contributed by atoms with Crippen molar-refractivity contribution >= 4 is 35.1 Å². The van der Waals surface area contributed by atoms with Crippen LogP contribution in [0.15, 0.2) is 66.7 Å². The summed E-state index contributed by atoms with van der Waals surface area (Å²) in [6.07, 6.45) is 0. The first-order valence-electron chi connectivity index (χ1n) is 11.0. The molecule has 3 amide bonds. The van der Waals surface area contributed by atoms with Crippen LogP contribution in [0.2, 0.25) is 0 Å². The molecule has 3 aromatic carbocycles. The van der Waals surface area contributed by atoms with Gasteiger partial charge in [-0.1, -0.05) is 35.9 Å². The number of aryl methyl sites for hydroxylation is 1. The topological polar surface area (TPSA) is 61.9 Å². The smallest absolute Gasteiger partial charge is 0.323 e. The fourth-order valence-electron chi connectivity index (χ4n) is 4.60. The second-order valence-corrected chi connectivity index (χ2v) is 9.64. The Hall–Kier alpha value is -3.52. The predicted molar refractivity (Wildman–Crippen MR) is 132 cm³/mol. The zero-order valence-corrected chi connectivity index (χ0v) is 19.7. The lowest BCUT2D eigenvalue weighted by atomic mass is 10.0. The average Bonchev–Trinajstić information content (AvgIpc) is 3.36. The molecule has 3 aromatic rings. The van der Waals surface area contributed by atoms with E-state index in [0.717, 1.165) is 22.4 Å². The van der Waals surface area contributed by atoms with Gasteiger partial charge in [-0.3, -0.25) is 9.69 Å². The zero-order valence-electron chi connectivity index (χ0n) is 18.9. The van der Waals surface area contributed by atoms with Gasteiger partial charge in [0, 0.05) is 23.5 Å². The van der Waals surface area contributed by atoms with E-state index in [9.17, 15) is 14.0 Å². The van der Waals surface area contributed by atoms with Gasteiger partial charge in [-0.25, -0.2) is 9.18 Å². The van der Waals surface area contributed by atoms with Crippen LogP contribution in [0.1, 0.15) is 16.7 Å². The predicted octanol–water partition coefficient (Wildman–Crippen LogP) is 5.12. The molecule has 0 saturated carbocycles. The summed E-state index contributed by atoms with van der Waals surface area (Å²) in [6, 6.07) is 18.8. The standard InChI is InChI=1S/C26H24FN3O3S/c1-17-9-10-23-22(13-17)26(24(31)29(23)16-18-5-3-8-21(14-18)33-2)30(11-12-34-26)25(32)28-20-7-4-6-19(27)15-20/h3-10,13-15H,11-12,16H2,1-2H3,(H,28,32)/t26-/m0/s1. The second kappa shape index (κ2) is 8.68. The number of urea groups is 1. The van der Waals surface area contributed by atoms with Crippen LogP contribution in [-0.2, 0) is 16.2 Å². The molecule has 2 aliphatic rings. The number of carbonyl (C=O) groups excluding carboxylic acids is 2. The van der Waals surface area contributed by atoms with Gasteiger partial charge in [0.1, 0.15) is 11.6 Å². The Bertz CT molecular complexity index is 1280. The molecule has 1 saturated heterocycles. The molecule has 8 heteroatoms. The molecule has 1 fully saturated rings. The SMILES string of the molecule is COc1cccc(CN2C(=O)[C@@]3(SCCN3C(=O)Nc3cccc(F)c3)c3cc(C)ccc32)c1. The highest BCUT2D eigenvalue weighted by Gasteiger charge is 2.59. The molecule has 6 nitrogen and oxygen atoms in total. The Morgan fingerprint density at radius 2 is 1.97 bits per heavy atom. The molecule has 2 heterocycles. The lowest BCUT2D eigenvalue weighted by Crippen LogP contribution is -2.51. The maximum Gasteiger partial charge on any atom is 0.323 e. The highest BCUT2D eigenvalue weighted by molar-refractivity contribution is 8.01. The summed E-state index contributed by atoms with van der Waals surface area (Å²) in [5.41, 5.74) is 3.87. The fraction of sp³-hybridized carbons (Fsp3) is 0.231. The van der Waals surface area contributed by atoms with Crippen LogP contribution in [0.25, 0.3) is 0 Å². The van der Waals surface area contributed by atoms with Crippen LogP contribution in [0.5, 0.6) is 5.75 Å². The van der Waals surface area contributed by atoms with Crippen molar-refractivity contribution < 1.29 is 18.7 Å². The number of halogens is 1. The number of methoxy groups -OCH3 is 1. The van der Waals surface area contributed by atoms with Crippen LogP contribution in [-0.4, -0.2) is 36.2 Å². The third kappa shape index (κ3) is 3.68. The number of ether oxygens (including phenoxy) is 1. The first-order valence-corrected chi connectivity index (χ1v) is 11.9. The van der Waals surface area contributed by atoms with E-state index in [1.165, 1.54) is 30.0 Å². The van der Waals surface area contributed by atoms with Gasteiger partial charge < -0.3 is 15.0 Å². The van der Waals surface area contributed by atoms with Crippen LogP contribution in [0, 0.1) is 12.7 Å². The number of nitrogens with one attached hydrogen (secondary N) is 1. The molecular formula is C26H24FN3O3S. The summed E-state index contributed by atoms with van der Waals surface area (Å²) >= 11 is 1.46. The number of rotatable bonds is 4. The van der Waals surface area contributed by atoms with E-state index in [1.54, 1.807) is 23.0 Å². The monoisotopic (exact) mass is 477 g/mol. The largest absolute Gasteiger partial charge is 0.497 e. The van der Waals surface area contributed by atoms with Crippen molar-refractivity contribution in [1.82, 2.24) is 4.90 Å². The maximum absolute atomic E-state index is 14.1. The number of anilines is 2. The highest BCUT2D eigenvalue weighted by Crippen LogP contribution is 2.54. The summed E-state index contributed by atoms with van der Waals surface area (Å²) in [7, 11) is 1.61. The summed E-state index contributed by atoms with van der Waals surface area (Å²) in [4.78, 5) is 29.6. The molecule has 0 aliphatic carbocycles. The van der Waals surface area contributed by atoms with Gasteiger partial charge in [0.25, 0.3) is 5.91 Å². The molecular weight excluding hydrogens is 453 g/mol. The van der Waals surface area contributed by atoms with Crippen molar-refractivity contribution in [3.05, 3.63) is 89.2 Å². The van der Waals surface area contributed by atoms with Gasteiger partial charge in [0.15, 0.2) is 4.87 Å². The van der Waals surface area contributed by atoms with Crippen LogP contribution in [0.4, 0.5) is 20.6 Å². The third-order valence-electron chi connectivity index (χ3n) is 6.14. The van der Waals surface area contributed by atoms with Crippen LogP contribution in [0.3, 0.4) is 0 Å². The number of fused-ring (bicyclic) bond motifs is 2. The Labute approximate surface area is 201 Å². The van der Waals surface area contributed by atoms with E-state index in [0.29, 0.717) is 30.3 Å². The van der Waals surface area contributed by atoms with Gasteiger partial charge in [0.2, 0.25) is 0 Å². The molecule has 5 rings (SSSR count). The van der Waals surface area contributed by atoms with Crippen molar-refractivity contribution in [1.29, 1.82) is 0 Å². The summed E-state index contributed by atoms with van der Waals surface area (Å²) in [6.45, 7) is 2.73. The first kappa shape index (κ1) is 22.3. The molecule has 34 heavy (non-hydrogen) atoms. The number of carbonyl (C=O) groups is 2. The Balaban J connectivity index is 1.53. The summed E-state index contributed by atoms with van der Waals surface area (Å²) in [5, 5.41) is 2.77. The second-order valence-electron chi connectivity index (χ2n) is 8.35. The number of amides is 3. The van der Waals surface area contributed by atoms with Gasteiger partial charge >= 0.3 is 6.03 Å². The maximum atomic E-state index is 14.1. The van der Waals surface area contributed by atoms with Gasteiger partial charge in [-0.15, -0.1) is 11.8 Å². The van der Waals surface area contributed by atoms with E-state index >= 15 is 0 Å². The van der Waals surface area contributed by atoms with Crippen molar-refractivity contribution in [2.45, 2.75) is 18.3 Å². The van der Waals surface area contributed by atoms with E-state index in [-0.39, 0.29) is 5.91 Å². The van der Waals surface area contributed by atoms with Gasteiger partial charge in [-0.05, 0) is 48.9 Å². The Morgan fingerprint density at radius 1 is 1.15 bits per heavy atom. The van der Waals surface area contributed by atoms with Gasteiger partial charge in [-0.2, -0.15) is 0 Å². The number of hydrogen-bond donors (Lipinski definition) is 1. The minimum absolute atomic E-state index is 0.159. The molecule has 1 atom stereocenters. The van der Waals surface area contributed by atoms with E-state index < -0.39 is 16.7 Å². The molecule has 0 aromatic heterocycles. The van der Waals surface area contributed by atoms with Crippen LogP contribution < -0.4 is 15.0 Å². The summed E-state index contributed by atoms with van der Waals surface area (Å²) in [5.74, 6) is 0.732. The van der Waals surface area contributed by atoms with Crippen molar-refractivity contribution in [2.24, 2.45) is 0 Å². The highest BCUT2D eigenvalue weighted by atomic mass is 32.2. The Morgan fingerprint density at radius 3 is 2.76 bits per heavy atom. The summed E-state index contributed by atoms with van der Waals surface area (Å²) < 4.78 is 19.0. The minimum Gasteiger partial charge on any atom is -0.497 e. The third-order valence-corrected chi connectivity index (χ3v) is 7.56. The fourth-order valence-corrected chi connectivity index (χ4v) is 6.05. The quantitative estimate of drug-likeness (QED) is 0.566. The zero-order chi connectivity index (χ0) is 23.9. The van der Waals surface area contributed by atoms with E-state index in [1.807, 2.05) is 49.4 Å². The van der Waals surface area contributed by atoms with E-state index in [2.05, 4.69) is 5.32 Å². The molecule has 174 valence electrons. The minimum atomic E-state index is -1.17. The first-order chi connectivity index (χ1) is 16.4. The normalized spacial score (nSPS) is 19.0. The molecule has 0 bridgehead atoms.